The summed E-state index contributed by atoms with van der Waals surface area (Å²) >= 11 is 5.05. The fraction of sp³-hybridized carbons (Fsp3) is 0.0667. The molecule has 5 nitrogen and oxygen atoms in total. The second-order valence-electron chi connectivity index (χ2n) is 4.13. The zero-order valence-electron chi connectivity index (χ0n) is 11.4. The van der Waals surface area contributed by atoms with Gasteiger partial charge in [-0.3, -0.25) is 21.0 Å². The molecule has 0 heterocycles. The largest absolute Gasteiger partial charge is 0.497 e. The predicted octanol–water partition coefficient (Wildman–Crippen LogP) is 2.33. The summed E-state index contributed by atoms with van der Waals surface area (Å²) in [6, 6.07) is 16.2. The van der Waals surface area contributed by atoms with Crippen molar-refractivity contribution >= 4 is 28.9 Å². The van der Waals surface area contributed by atoms with E-state index in [0.29, 0.717) is 11.3 Å². The van der Waals surface area contributed by atoms with E-state index in [0.717, 1.165) is 5.69 Å². The molecule has 0 saturated carbocycles. The van der Waals surface area contributed by atoms with Crippen molar-refractivity contribution in [2.24, 2.45) is 0 Å². The van der Waals surface area contributed by atoms with Gasteiger partial charge in [-0.15, -0.1) is 0 Å². The molecule has 2 aromatic carbocycles. The Morgan fingerprint density at radius 1 is 1.05 bits per heavy atom. The molecule has 2 aromatic rings. The van der Waals surface area contributed by atoms with E-state index in [1.165, 1.54) is 0 Å². The first-order valence-electron chi connectivity index (χ1n) is 6.25. The quantitative estimate of drug-likeness (QED) is 0.597. The topological polar surface area (TPSA) is 62.4 Å². The summed E-state index contributed by atoms with van der Waals surface area (Å²) in [5.41, 5.74) is 6.99. The van der Waals surface area contributed by atoms with Gasteiger partial charge in [-0.05, 0) is 48.6 Å². The molecule has 0 bridgehead atoms. The van der Waals surface area contributed by atoms with E-state index >= 15 is 0 Å². The molecule has 0 aliphatic carbocycles. The highest BCUT2D eigenvalue weighted by atomic mass is 32.1. The number of nitrogens with one attached hydrogen (secondary N) is 3. The Morgan fingerprint density at radius 3 is 2.33 bits per heavy atom. The number of carbonyl (C=O) groups excluding carboxylic acids is 1. The predicted molar refractivity (Wildman–Crippen MR) is 86.3 cm³/mol. The van der Waals surface area contributed by atoms with Crippen LogP contribution < -0.4 is 20.9 Å². The number of hydrogen-bond acceptors (Lipinski definition) is 4. The Balaban J connectivity index is 1.85. The SMILES string of the molecule is COc1ccc(C(=O)NC(=S)NNc2ccccc2)cc1. The molecule has 0 radical (unpaired) electrons. The number of methoxy groups -OCH3 is 1. The molecule has 1 amide bonds. The average Bonchev–Trinajstić information content (AvgIpc) is 2.54. The van der Waals surface area contributed by atoms with E-state index < -0.39 is 0 Å². The van der Waals surface area contributed by atoms with Gasteiger partial charge in [0.2, 0.25) is 0 Å². The fourth-order valence-electron chi connectivity index (χ4n) is 1.60. The first-order chi connectivity index (χ1) is 10.2. The van der Waals surface area contributed by atoms with Crippen molar-refractivity contribution in [2.75, 3.05) is 12.5 Å². The standard InChI is InChI=1S/C15H15N3O2S/c1-20-13-9-7-11(8-10-13)14(19)16-15(21)18-17-12-5-3-2-4-6-12/h2-10,17H,1H3,(H2,16,18,19,21). The molecule has 0 saturated heterocycles. The van der Waals surface area contributed by atoms with Crippen molar-refractivity contribution in [3.63, 3.8) is 0 Å². The number of hydrazine groups is 1. The Labute approximate surface area is 128 Å². The highest BCUT2D eigenvalue weighted by molar-refractivity contribution is 7.80. The van der Waals surface area contributed by atoms with Crippen LogP contribution in [-0.4, -0.2) is 18.1 Å². The number of rotatable bonds is 4. The van der Waals surface area contributed by atoms with Gasteiger partial charge < -0.3 is 4.74 Å². The highest BCUT2D eigenvalue weighted by Crippen LogP contribution is 2.11. The Morgan fingerprint density at radius 2 is 1.71 bits per heavy atom. The summed E-state index contributed by atoms with van der Waals surface area (Å²) in [6.07, 6.45) is 0. The van der Waals surface area contributed by atoms with Gasteiger partial charge >= 0.3 is 0 Å². The Bertz CT molecular complexity index is 615. The Hall–Kier alpha value is -2.60. The molecule has 21 heavy (non-hydrogen) atoms. The van der Waals surface area contributed by atoms with Gasteiger partial charge in [-0.25, -0.2) is 0 Å². The number of para-hydroxylation sites is 1. The smallest absolute Gasteiger partial charge is 0.257 e. The van der Waals surface area contributed by atoms with E-state index in [1.807, 2.05) is 30.3 Å². The zero-order chi connectivity index (χ0) is 15.1. The van der Waals surface area contributed by atoms with Gasteiger partial charge in [-0.2, -0.15) is 0 Å². The second-order valence-corrected chi connectivity index (χ2v) is 4.54. The van der Waals surface area contributed by atoms with Crippen molar-refractivity contribution in [3.05, 3.63) is 60.2 Å². The van der Waals surface area contributed by atoms with E-state index in [4.69, 9.17) is 17.0 Å². The third kappa shape index (κ3) is 4.47. The van der Waals surface area contributed by atoms with E-state index in [2.05, 4.69) is 16.2 Å². The number of benzene rings is 2. The van der Waals surface area contributed by atoms with Crippen LogP contribution in [0.3, 0.4) is 0 Å². The van der Waals surface area contributed by atoms with Crippen LogP contribution in [0.2, 0.25) is 0 Å². The molecule has 0 spiro atoms. The van der Waals surface area contributed by atoms with Crippen LogP contribution in [0.5, 0.6) is 5.75 Å². The molecule has 0 unspecified atom stereocenters. The first-order valence-corrected chi connectivity index (χ1v) is 6.66. The summed E-state index contributed by atoms with van der Waals surface area (Å²) in [5.74, 6) is 0.406. The maximum absolute atomic E-state index is 12.0. The van der Waals surface area contributed by atoms with Crippen molar-refractivity contribution in [1.82, 2.24) is 10.7 Å². The summed E-state index contributed by atoms with van der Waals surface area (Å²) in [7, 11) is 1.57. The van der Waals surface area contributed by atoms with Crippen molar-refractivity contribution in [3.8, 4) is 5.75 Å². The molecule has 0 aliphatic heterocycles. The normalized spacial score (nSPS) is 9.57. The number of ether oxygens (including phenoxy) is 1. The molecule has 0 atom stereocenters. The fourth-order valence-corrected chi connectivity index (χ4v) is 1.74. The van der Waals surface area contributed by atoms with E-state index in [-0.39, 0.29) is 11.0 Å². The van der Waals surface area contributed by atoms with Gasteiger partial charge in [-0.1, -0.05) is 18.2 Å². The summed E-state index contributed by atoms with van der Waals surface area (Å²) in [5, 5.41) is 2.78. The van der Waals surface area contributed by atoms with Crippen LogP contribution in [0.25, 0.3) is 0 Å². The van der Waals surface area contributed by atoms with Crippen LogP contribution in [0.1, 0.15) is 10.4 Å². The molecule has 3 N–H and O–H groups in total. The van der Waals surface area contributed by atoms with Gasteiger partial charge in [0.15, 0.2) is 5.11 Å². The lowest BCUT2D eigenvalue weighted by Gasteiger charge is -2.11. The number of hydrogen-bond donors (Lipinski definition) is 3. The molecular formula is C15H15N3O2S. The van der Waals surface area contributed by atoms with Crippen molar-refractivity contribution < 1.29 is 9.53 Å². The summed E-state index contributed by atoms with van der Waals surface area (Å²) in [4.78, 5) is 12.0. The molecule has 0 aliphatic rings. The third-order valence-corrected chi connectivity index (χ3v) is 2.88. The van der Waals surface area contributed by atoms with Crippen LogP contribution in [0.4, 0.5) is 5.69 Å². The lowest BCUT2D eigenvalue weighted by molar-refractivity contribution is 0.0977. The minimum absolute atomic E-state index is 0.194. The van der Waals surface area contributed by atoms with Gasteiger partial charge in [0.1, 0.15) is 5.75 Å². The van der Waals surface area contributed by atoms with Crippen molar-refractivity contribution in [2.45, 2.75) is 0 Å². The second kappa shape index (κ2) is 7.25. The molecule has 0 aromatic heterocycles. The van der Waals surface area contributed by atoms with Gasteiger partial charge in [0, 0.05) is 5.56 Å². The molecule has 2 rings (SSSR count). The van der Waals surface area contributed by atoms with E-state index in [9.17, 15) is 4.79 Å². The number of amides is 1. The van der Waals surface area contributed by atoms with E-state index in [1.54, 1.807) is 31.4 Å². The number of thiocarbonyl (C=S) groups is 1. The molecule has 0 fully saturated rings. The third-order valence-electron chi connectivity index (χ3n) is 2.67. The van der Waals surface area contributed by atoms with Crippen LogP contribution in [0, 0.1) is 0 Å². The molecule has 6 heteroatoms. The summed E-state index contributed by atoms with van der Waals surface area (Å²) < 4.78 is 5.04. The first kappa shape index (κ1) is 14.8. The summed E-state index contributed by atoms with van der Waals surface area (Å²) in [6.45, 7) is 0. The van der Waals surface area contributed by atoms with Gasteiger partial charge in [0.05, 0.1) is 12.8 Å². The lowest BCUT2D eigenvalue weighted by Crippen LogP contribution is -2.41. The molecule has 108 valence electrons. The Kier molecular flexibility index (Phi) is 5.11. The lowest BCUT2D eigenvalue weighted by atomic mass is 10.2. The maximum atomic E-state index is 12.0. The monoisotopic (exact) mass is 301 g/mol. The zero-order valence-corrected chi connectivity index (χ0v) is 12.2. The minimum atomic E-state index is -0.287. The van der Waals surface area contributed by atoms with Crippen LogP contribution in [-0.2, 0) is 0 Å². The van der Waals surface area contributed by atoms with Crippen molar-refractivity contribution in [1.29, 1.82) is 0 Å². The average molecular weight is 301 g/mol. The number of anilines is 1. The minimum Gasteiger partial charge on any atom is -0.497 e. The number of carbonyl (C=O) groups is 1. The van der Waals surface area contributed by atoms with Crippen LogP contribution in [0.15, 0.2) is 54.6 Å². The maximum Gasteiger partial charge on any atom is 0.257 e. The van der Waals surface area contributed by atoms with Gasteiger partial charge in [0.25, 0.3) is 5.91 Å². The highest BCUT2D eigenvalue weighted by Gasteiger charge is 2.07. The molecular weight excluding hydrogens is 286 g/mol. The van der Waals surface area contributed by atoms with Crippen LogP contribution >= 0.6 is 12.2 Å².